The molecule has 2 heterocycles. The summed E-state index contributed by atoms with van der Waals surface area (Å²) >= 11 is 1.48. The van der Waals surface area contributed by atoms with E-state index < -0.39 is 12.0 Å². The molecule has 2 fully saturated rings. The number of carboxylic acids is 1. The Morgan fingerprint density at radius 1 is 1.18 bits per heavy atom. The fraction of sp³-hybridized carbons (Fsp3) is 0.688. The minimum atomic E-state index is -0.897. The first kappa shape index (κ1) is 15.5. The first-order valence-electron chi connectivity index (χ1n) is 8.09. The molecule has 1 amide bonds. The van der Waals surface area contributed by atoms with Crippen molar-refractivity contribution in [3.63, 3.8) is 0 Å². The zero-order chi connectivity index (χ0) is 15.7. The van der Waals surface area contributed by atoms with Gasteiger partial charge in [0.25, 0.3) is 5.91 Å². The molecule has 0 aromatic carbocycles. The molecule has 1 N–H and O–H groups in total. The summed E-state index contributed by atoms with van der Waals surface area (Å²) in [5, 5.41) is 10.4. The molecule has 22 heavy (non-hydrogen) atoms. The van der Waals surface area contributed by atoms with Crippen LogP contribution in [0, 0.1) is 6.92 Å². The van der Waals surface area contributed by atoms with Crippen LogP contribution in [-0.4, -0.2) is 39.5 Å². The van der Waals surface area contributed by atoms with Crippen LogP contribution in [0.1, 0.15) is 71.2 Å². The lowest BCUT2D eigenvalue weighted by molar-refractivity contribution is -0.143. The van der Waals surface area contributed by atoms with Gasteiger partial charge in [-0.1, -0.05) is 12.8 Å². The summed E-state index contributed by atoms with van der Waals surface area (Å²) in [7, 11) is 0. The van der Waals surface area contributed by atoms with Crippen LogP contribution < -0.4 is 0 Å². The van der Waals surface area contributed by atoms with E-state index >= 15 is 0 Å². The van der Waals surface area contributed by atoms with Gasteiger partial charge in [-0.2, -0.15) is 0 Å². The minimum absolute atomic E-state index is 0.147. The predicted molar refractivity (Wildman–Crippen MR) is 84.4 cm³/mol. The van der Waals surface area contributed by atoms with E-state index in [1.54, 1.807) is 0 Å². The van der Waals surface area contributed by atoms with Crippen molar-refractivity contribution in [3.8, 4) is 0 Å². The quantitative estimate of drug-likeness (QED) is 0.928. The van der Waals surface area contributed by atoms with Crippen LogP contribution in [0.4, 0.5) is 0 Å². The summed E-state index contributed by atoms with van der Waals surface area (Å²) in [5.74, 6) is -0.556. The lowest BCUT2D eigenvalue weighted by Gasteiger charge is -2.32. The number of carboxylic acid groups (broad SMARTS) is 1. The topological polar surface area (TPSA) is 70.5 Å². The maximum atomic E-state index is 12.8. The van der Waals surface area contributed by atoms with Crippen molar-refractivity contribution in [2.24, 2.45) is 0 Å². The number of nitrogens with zero attached hydrogens (tertiary/aromatic N) is 2. The molecule has 5 nitrogen and oxygen atoms in total. The molecule has 1 atom stereocenters. The second-order valence-corrected chi connectivity index (χ2v) is 7.33. The predicted octanol–water partition coefficient (Wildman–Crippen LogP) is 3.19. The number of amides is 1. The smallest absolute Gasteiger partial charge is 0.326 e. The van der Waals surface area contributed by atoms with Gasteiger partial charge in [0.1, 0.15) is 10.9 Å². The van der Waals surface area contributed by atoms with Crippen LogP contribution in [0.15, 0.2) is 0 Å². The Morgan fingerprint density at radius 3 is 2.55 bits per heavy atom. The number of rotatable bonds is 3. The molecule has 1 aromatic heterocycles. The SMILES string of the molecule is Cc1nc(C2CCCC2)sc1C(=O)N1CCCCC1C(=O)O. The summed E-state index contributed by atoms with van der Waals surface area (Å²) in [5.41, 5.74) is 0.756. The summed E-state index contributed by atoms with van der Waals surface area (Å²) < 4.78 is 0. The molecule has 1 aromatic rings. The number of aromatic nitrogens is 1. The largest absolute Gasteiger partial charge is 0.480 e. The lowest BCUT2D eigenvalue weighted by Crippen LogP contribution is -2.47. The number of hydrogen-bond donors (Lipinski definition) is 1. The number of aliphatic carboxylic acids is 1. The second-order valence-electron chi connectivity index (χ2n) is 6.30. The van der Waals surface area contributed by atoms with Crippen LogP contribution in [0.2, 0.25) is 0 Å². The molecule has 1 unspecified atom stereocenters. The van der Waals surface area contributed by atoms with Crippen molar-refractivity contribution in [3.05, 3.63) is 15.6 Å². The van der Waals surface area contributed by atoms with Crippen LogP contribution in [0.25, 0.3) is 0 Å². The Balaban J connectivity index is 1.83. The number of carbonyl (C=O) groups excluding carboxylic acids is 1. The van der Waals surface area contributed by atoms with Crippen LogP contribution in [-0.2, 0) is 4.79 Å². The fourth-order valence-electron chi connectivity index (χ4n) is 3.52. The molecule has 1 aliphatic carbocycles. The molecule has 6 heteroatoms. The molecule has 1 aliphatic heterocycles. The number of thiazole rings is 1. The molecule has 0 bridgehead atoms. The van der Waals surface area contributed by atoms with Gasteiger partial charge in [-0.05, 0) is 39.0 Å². The van der Waals surface area contributed by atoms with Gasteiger partial charge in [-0.25, -0.2) is 9.78 Å². The van der Waals surface area contributed by atoms with Gasteiger partial charge < -0.3 is 10.0 Å². The van der Waals surface area contributed by atoms with Gasteiger partial charge in [0.15, 0.2) is 0 Å². The Hall–Kier alpha value is -1.43. The average Bonchev–Trinajstić information content (AvgIpc) is 3.15. The van der Waals surface area contributed by atoms with E-state index in [2.05, 4.69) is 4.98 Å². The van der Waals surface area contributed by atoms with Crippen molar-refractivity contribution in [2.75, 3.05) is 6.54 Å². The number of aryl methyl sites for hydroxylation is 1. The van der Waals surface area contributed by atoms with Gasteiger partial charge >= 0.3 is 5.97 Å². The molecule has 0 radical (unpaired) electrons. The highest BCUT2D eigenvalue weighted by Gasteiger charge is 2.34. The van der Waals surface area contributed by atoms with Gasteiger partial charge in [0.2, 0.25) is 0 Å². The first-order valence-corrected chi connectivity index (χ1v) is 8.90. The Bertz CT molecular complexity index is 578. The Morgan fingerprint density at radius 2 is 1.86 bits per heavy atom. The van der Waals surface area contributed by atoms with Crippen molar-refractivity contribution < 1.29 is 14.7 Å². The fourth-order valence-corrected chi connectivity index (χ4v) is 4.72. The molecule has 1 saturated heterocycles. The highest BCUT2D eigenvalue weighted by Crippen LogP contribution is 2.37. The van der Waals surface area contributed by atoms with Gasteiger partial charge in [0.05, 0.1) is 10.7 Å². The first-order chi connectivity index (χ1) is 10.6. The Labute approximate surface area is 134 Å². The second kappa shape index (κ2) is 6.36. The van der Waals surface area contributed by atoms with E-state index in [-0.39, 0.29) is 5.91 Å². The lowest BCUT2D eigenvalue weighted by atomic mass is 10.0. The zero-order valence-corrected chi connectivity index (χ0v) is 13.7. The highest BCUT2D eigenvalue weighted by atomic mass is 32.1. The molecule has 2 aliphatic rings. The summed E-state index contributed by atoms with van der Waals surface area (Å²) in [6.45, 7) is 2.40. The normalized spacial score (nSPS) is 23.0. The average molecular weight is 322 g/mol. The molecule has 1 saturated carbocycles. The third-order valence-electron chi connectivity index (χ3n) is 4.76. The van der Waals surface area contributed by atoms with Crippen molar-refractivity contribution in [1.82, 2.24) is 9.88 Å². The third kappa shape index (κ3) is 2.89. The summed E-state index contributed by atoms with van der Waals surface area (Å²) in [4.78, 5) is 31.0. The Kier molecular flexibility index (Phi) is 4.47. The number of likely N-dealkylation sites (tertiary alicyclic amines) is 1. The molecular weight excluding hydrogens is 300 g/mol. The van der Waals surface area contributed by atoms with Crippen molar-refractivity contribution >= 4 is 23.2 Å². The number of hydrogen-bond acceptors (Lipinski definition) is 4. The van der Waals surface area contributed by atoms with Crippen molar-refractivity contribution in [1.29, 1.82) is 0 Å². The van der Waals surface area contributed by atoms with E-state index in [0.717, 1.165) is 36.4 Å². The number of carbonyl (C=O) groups is 2. The highest BCUT2D eigenvalue weighted by molar-refractivity contribution is 7.13. The summed E-state index contributed by atoms with van der Waals surface area (Å²) in [6, 6.07) is -0.683. The molecular formula is C16H22N2O3S. The zero-order valence-electron chi connectivity index (χ0n) is 12.9. The maximum absolute atomic E-state index is 12.8. The van der Waals surface area contributed by atoms with Crippen LogP contribution in [0.5, 0.6) is 0 Å². The third-order valence-corrected chi connectivity index (χ3v) is 6.07. The van der Waals surface area contributed by atoms with E-state index in [1.807, 2.05) is 6.92 Å². The van der Waals surface area contributed by atoms with Crippen molar-refractivity contribution in [2.45, 2.75) is 63.8 Å². The van der Waals surface area contributed by atoms with Gasteiger partial charge in [-0.15, -0.1) is 11.3 Å². The molecule has 0 spiro atoms. The maximum Gasteiger partial charge on any atom is 0.326 e. The summed E-state index contributed by atoms with van der Waals surface area (Å²) in [6.07, 6.45) is 7.08. The van der Waals surface area contributed by atoms with Gasteiger partial charge in [-0.3, -0.25) is 4.79 Å². The van der Waals surface area contributed by atoms with Gasteiger partial charge in [0, 0.05) is 12.5 Å². The van der Waals surface area contributed by atoms with E-state index in [0.29, 0.717) is 23.8 Å². The minimum Gasteiger partial charge on any atom is -0.480 e. The standard InChI is InChI=1S/C16H22N2O3S/c1-10-13(22-14(17-10)11-6-2-3-7-11)15(19)18-9-5-4-8-12(18)16(20)21/h11-12H,2-9H2,1H3,(H,20,21). The van der Waals surface area contributed by atoms with Crippen LogP contribution >= 0.6 is 11.3 Å². The monoisotopic (exact) mass is 322 g/mol. The molecule has 3 rings (SSSR count). The van der Waals surface area contributed by atoms with E-state index in [1.165, 1.54) is 29.1 Å². The van der Waals surface area contributed by atoms with E-state index in [4.69, 9.17) is 0 Å². The van der Waals surface area contributed by atoms with Crippen LogP contribution in [0.3, 0.4) is 0 Å². The van der Waals surface area contributed by atoms with E-state index in [9.17, 15) is 14.7 Å². The number of piperidine rings is 1. The molecule has 120 valence electrons.